The van der Waals surface area contributed by atoms with Gasteiger partial charge in [0.1, 0.15) is 0 Å². The molecular formula is C13H22N2S. The lowest BCUT2D eigenvalue weighted by Crippen LogP contribution is -2.17. The van der Waals surface area contributed by atoms with Crippen LogP contribution >= 0.6 is 11.3 Å². The van der Waals surface area contributed by atoms with Gasteiger partial charge in [-0.2, -0.15) is 0 Å². The first-order valence-electron chi connectivity index (χ1n) is 6.28. The predicted octanol–water partition coefficient (Wildman–Crippen LogP) is 3.61. The Labute approximate surface area is 102 Å². The summed E-state index contributed by atoms with van der Waals surface area (Å²) in [5.74, 6) is 0. The zero-order chi connectivity index (χ0) is 11.6. The molecule has 1 aromatic heterocycles. The van der Waals surface area contributed by atoms with Crippen LogP contribution in [-0.2, 0) is 5.41 Å². The van der Waals surface area contributed by atoms with E-state index in [-0.39, 0.29) is 5.41 Å². The first kappa shape index (κ1) is 11.9. The summed E-state index contributed by atoms with van der Waals surface area (Å²) < 4.78 is 0. The van der Waals surface area contributed by atoms with Gasteiger partial charge in [0.2, 0.25) is 0 Å². The minimum absolute atomic E-state index is 0.205. The average molecular weight is 238 g/mol. The molecular weight excluding hydrogens is 216 g/mol. The molecule has 2 nitrogen and oxygen atoms in total. The van der Waals surface area contributed by atoms with Gasteiger partial charge in [0.25, 0.3) is 0 Å². The van der Waals surface area contributed by atoms with Crippen molar-refractivity contribution < 1.29 is 0 Å². The van der Waals surface area contributed by atoms with Crippen LogP contribution in [0.1, 0.15) is 58.6 Å². The molecule has 0 saturated heterocycles. The van der Waals surface area contributed by atoms with Crippen molar-refractivity contribution in [3.63, 3.8) is 0 Å². The molecule has 0 bridgehead atoms. The number of hydrogen-bond donors (Lipinski definition) is 1. The number of aromatic amines is 1. The number of nitrogens with one attached hydrogen (secondary N) is 1. The SMILES string of the molecule is CC(C)(C)c1cs/c(=N\C2CCCCC2)[nH]1. The maximum Gasteiger partial charge on any atom is 0.182 e. The maximum absolute atomic E-state index is 4.82. The Kier molecular flexibility index (Phi) is 3.53. The van der Waals surface area contributed by atoms with E-state index < -0.39 is 0 Å². The lowest BCUT2D eigenvalue weighted by atomic mass is 9.93. The lowest BCUT2D eigenvalue weighted by molar-refractivity contribution is 0.436. The third-order valence-corrected chi connectivity index (χ3v) is 4.00. The van der Waals surface area contributed by atoms with E-state index >= 15 is 0 Å². The minimum atomic E-state index is 0.205. The van der Waals surface area contributed by atoms with E-state index in [1.807, 2.05) is 0 Å². The normalized spacial score (nSPS) is 20.3. The molecule has 1 aliphatic rings. The van der Waals surface area contributed by atoms with Gasteiger partial charge in [-0.3, -0.25) is 4.99 Å². The summed E-state index contributed by atoms with van der Waals surface area (Å²) in [6.45, 7) is 6.70. The average Bonchev–Trinajstić information content (AvgIpc) is 2.67. The van der Waals surface area contributed by atoms with Crippen molar-refractivity contribution in [2.75, 3.05) is 0 Å². The summed E-state index contributed by atoms with van der Waals surface area (Å²) in [5, 5.41) is 2.21. The third-order valence-electron chi connectivity index (χ3n) is 3.21. The second kappa shape index (κ2) is 4.74. The molecule has 0 aliphatic heterocycles. The minimum Gasteiger partial charge on any atom is -0.334 e. The summed E-state index contributed by atoms with van der Waals surface area (Å²) in [6.07, 6.45) is 6.65. The van der Waals surface area contributed by atoms with Gasteiger partial charge in [0, 0.05) is 16.5 Å². The highest BCUT2D eigenvalue weighted by atomic mass is 32.1. The molecule has 0 unspecified atom stereocenters. The Morgan fingerprint density at radius 3 is 2.50 bits per heavy atom. The van der Waals surface area contributed by atoms with Crippen LogP contribution in [0, 0.1) is 0 Å². The monoisotopic (exact) mass is 238 g/mol. The molecule has 1 heterocycles. The molecule has 1 saturated carbocycles. The van der Waals surface area contributed by atoms with Crippen molar-refractivity contribution in [2.24, 2.45) is 4.99 Å². The summed E-state index contributed by atoms with van der Waals surface area (Å²) in [5.41, 5.74) is 1.50. The molecule has 16 heavy (non-hydrogen) atoms. The topological polar surface area (TPSA) is 28.1 Å². The zero-order valence-electron chi connectivity index (χ0n) is 10.5. The molecule has 0 radical (unpaired) electrons. The van der Waals surface area contributed by atoms with Gasteiger partial charge in [0.15, 0.2) is 4.80 Å². The van der Waals surface area contributed by atoms with Gasteiger partial charge in [-0.15, -0.1) is 11.3 Å². The maximum atomic E-state index is 4.82. The first-order chi connectivity index (χ1) is 7.55. The summed E-state index contributed by atoms with van der Waals surface area (Å²) in [6, 6.07) is 0.566. The van der Waals surface area contributed by atoms with E-state index in [2.05, 4.69) is 31.1 Å². The Balaban J connectivity index is 2.14. The van der Waals surface area contributed by atoms with Crippen molar-refractivity contribution in [1.29, 1.82) is 0 Å². The number of thiazole rings is 1. The second-order valence-electron chi connectivity index (χ2n) is 5.75. The Bertz CT molecular complexity index is 389. The third kappa shape index (κ3) is 2.97. The molecule has 1 N–H and O–H groups in total. The summed E-state index contributed by atoms with van der Waals surface area (Å²) in [7, 11) is 0. The number of nitrogens with zero attached hydrogens (tertiary/aromatic N) is 1. The van der Waals surface area contributed by atoms with E-state index in [1.165, 1.54) is 37.8 Å². The van der Waals surface area contributed by atoms with Crippen LogP contribution in [0.4, 0.5) is 0 Å². The van der Waals surface area contributed by atoms with Crippen molar-refractivity contribution in [3.05, 3.63) is 15.9 Å². The van der Waals surface area contributed by atoms with Crippen LogP contribution in [0.5, 0.6) is 0 Å². The molecule has 1 fully saturated rings. The van der Waals surface area contributed by atoms with Gasteiger partial charge in [-0.05, 0) is 12.8 Å². The number of aromatic nitrogens is 1. The number of rotatable bonds is 1. The van der Waals surface area contributed by atoms with Crippen LogP contribution in [0.3, 0.4) is 0 Å². The standard InChI is InChI=1S/C13H22N2S/c1-13(2,3)11-9-16-12(15-11)14-10-7-5-4-6-8-10/h9-10H,4-8H2,1-3H3,(H,14,15). The van der Waals surface area contributed by atoms with Crippen LogP contribution < -0.4 is 4.80 Å². The molecule has 90 valence electrons. The number of H-pyrrole nitrogens is 1. The van der Waals surface area contributed by atoms with E-state index in [0.29, 0.717) is 6.04 Å². The largest absolute Gasteiger partial charge is 0.334 e. The Hall–Kier alpha value is -0.570. The zero-order valence-corrected chi connectivity index (χ0v) is 11.4. The molecule has 0 spiro atoms. The predicted molar refractivity (Wildman–Crippen MR) is 69.8 cm³/mol. The van der Waals surface area contributed by atoms with Crippen LogP contribution in [0.15, 0.2) is 10.4 Å². The molecule has 2 rings (SSSR count). The molecule has 1 aliphatic carbocycles. The molecule has 3 heteroatoms. The molecule has 1 aromatic rings. The van der Waals surface area contributed by atoms with E-state index in [4.69, 9.17) is 4.99 Å². The van der Waals surface area contributed by atoms with Crippen molar-refractivity contribution in [2.45, 2.75) is 64.3 Å². The van der Waals surface area contributed by atoms with Crippen LogP contribution in [-0.4, -0.2) is 11.0 Å². The Morgan fingerprint density at radius 1 is 1.25 bits per heavy atom. The summed E-state index contributed by atoms with van der Waals surface area (Å²) >= 11 is 1.75. The number of hydrogen-bond acceptors (Lipinski definition) is 2. The molecule has 0 amide bonds. The Morgan fingerprint density at radius 2 is 1.94 bits per heavy atom. The van der Waals surface area contributed by atoms with Gasteiger partial charge in [0.05, 0.1) is 6.04 Å². The highest BCUT2D eigenvalue weighted by Crippen LogP contribution is 2.21. The van der Waals surface area contributed by atoms with Gasteiger partial charge in [-0.1, -0.05) is 40.0 Å². The lowest BCUT2D eigenvalue weighted by Gasteiger charge is -2.17. The van der Waals surface area contributed by atoms with Gasteiger partial charge in [-0.25, -0.2) is 0 Å². The van der Waals surface area contributed by atoms with E-state index in [1.54, 1.807) is 11.3 Å². The van der Waals surface area contributed by atoms with E-state index in [0.717, 1.165) is 4.80 Å². The van der Waals surface area contributed by atoms with Crippen LogP contribution in [0.25, 0.3) is 0 Å². The highest BCUT2D eigenvalue weighted by molar-refractivity contribution is 7.07. The fraction of sp³-hybridized carbons (Fsp3) is 0.769. The fourth-order valence-corrected chi connectivity index (χ4v) is 3.11. The summed E-state index contributed by atoms with van der Waals surface area (Å²) in [4.78, 5) is 9.38. The smallest absolute Gasteiger partial charge is 0.182 e. The van der Waals surface area contributed by atoms with Gasteiger partial charge < -0.3 is 4.98 Å². The van der Waals surface area contributed by atoms with Crippen molar-refractivity contribution in [1.82, 2.24) is 4.98 Å². The highest BCUT2D eigenvalue weighted by Gasteiger charge is 2.16. The van der Waals surface area contributed by atoms with Crippen LogP contribution in [0.2, 0.25) is 0 Å². The van der Waals surface area contributed by atoms with Crippen molar-refractivity contribution in [3.8, 4) is 0 Å². The first-order valence-corrected chi connectivity index (χ1v) is 7.16. The van der Waals surface area contributed by atoms with Gasteiger partial charge >= 0.3 is 0 Å². The molecule has 0 aromatic carbocycles. The fourth-order valence-electron chi connectivity index (χ4n) is 2.09. The molecule has 0 atom stereocenters. The second-order valence-corrected chi connectivity index (χ2v) is 6.61. The quantitative estimate of drug-likeness (QED) is 0.774. The van der Waals surface area contributed by atoms with Crippen molar-refractivity contribution >= 4 is 11.3 Å². The van der Waals surface area contributed by atoms with E-state index in [9.17, 15) is 0 Å².